The Kier molecular flexibility index (Phi) is 5.21. The maximum atomic E-state index is 12.9. The number of aryl methyl sites for hydroxylation is 2. The number of nitrogens with one attached hydrogen (secondary N) is 2. The van der Waals surface area contributed by atoms with E-state index < -0.39 is 0 Å². The SMILES string of the molecule is Cc1cccc(NC(=O)C2CCCc3sc(NC(=O)c4ccccc4)nc32)c1. The largest absolute Gasteiger partial charge is 0.326 e. The van der Waals surface area contributed by atoms with Gasteiger partial charge in [-0.2, -0.15) is 0 Å². The Labute approximate surface area is 167 Å². The summed E-state index contributed by atoms with van der Waals surface area (Å²) in [5, 5.41) is 6.43. The third-order valence-electron chi connectivity index (χ3n) is 4.81. The van der Waals surface area contributed by atoms with Crippen LogP contribution in [0.15, 0.2) is 54.6 Å². The van der Waals surface area contributed by atoms with E-state index in [4.69, 9.17) is 0 Å². The molecule has 0 saturated heterocycles. The van der Waals surface area contributed by atoms with Crippen molar-refractivity contribution in [2.75, 3.05) is 10.6 Å². The van der Waals surface area contributed by atoms with Crippen LogP contribution in [0.2, 0.25) is 0 Å². The highest BCUT2D eigenvalue weighted by Gasteiger charge is 2.30. The van der Waals surface area contributed by atoms with Crippen LogP contribution in [-0.4, -0.2) is 16.8 Å². The number of carbonyl (C=O) groups is 2. The smallest absolute Gasteiger partial charge is 0.257 e. The fourth-order valence-electron chi connectivity index (χ4n) is 3.44. The summed E-state index contributed by atoms with van der Waals surface area (Å²) < 4.78 is 0. The van der Waals surface area contributed by atoms with E-state index in [0.29, 0.717) is 10.7 Å². The van der Waals surface area contributed by atoms with Gasteiger partial charge in [-0.25, -0.2) is 4.98 Å². The lowest BCUT2D eigenvalue weighted by atomic mass is 9.90. The van der Waals surface area contributed by atoms with Crippen LogP contribution in [0.4, 0.5) is 10.8 Å². The van der Waals surface area contributed by atoms with E-state index in [2.05, 4.69) is 15.6 Å². The molecule has 0 radical (unpaired) electrons. The molecule has 4 rings (SSSR count). The predicted molar refractivity (Wildman–Crippen MR) is 112 cm³/mol. The number of thiazole rings is 1. The molecule has 1 heterocycles. The van der Waals surface area contributed by atoms with E-state index in [1.807, 2.05) is 49.4 Å². The van der Waals surface area contributed by atoms with Gasteiger partial charge in [0, 0.05) is 16.1 Å². The van der Waals surface area contributed by atoms with Crippen LogP contribution in [0.3, 0.4) is 0 Å². The topological polar surface area (TPSA) is 71.1 Å². The van der Waals surface area contributed by atoms with E-state index in [9.17, 15) is 9.59 Å². The van der Waals surface area contributed by atoms with Gasteiger partial charge in [0.25, 0.3) is 5.91 Å². The zero-order chi connectivity index (χ0) is 19.5. The van der Waals surface area contributed by atoms with E-state index in [1.165, 1.54) is 11.3 Å². The number of hydrogen-bond donors (Lipinski definition) is 2. The molecule has 5 nitrogen and oxygen atoms in total. The van der Waals surface area contributed by atoms with Crippen LogP contribution in [0.25, 0.3) is 0 Å². The summed E-state index contributed by atoms with van der Waals surface area (Å²) in [6.45, 7) is 2.00. The molecule has 6 heteroatoms. The molecule has 0 saturated carbocycles. The molecule has 0 bridgehead atoms. The van der Waals surface area contributed by atoms with E-state index >= 15 is 0 Å². The predicted octanol–water partition coefficient (Wildman–Crippen LogP) is 4.76. The van der Waals surface area contributed by atoms with Crippen LogP contribution in [-0.2, 0) is 11.2 Å². The average Bonchev–Trinajstić information content (AvgIpc) is 3.11. The molecule has 142 valence electrons. The Balaban J connectivity index is 1.51. The van der Waals surface area contributed by atoms with Gasteiger partial charge in [0.1, 0.15) is 0 Å². The monoisotopic (exact) mass is 391 g/mol. The first-order chi connectivity index (χ1) is 13.6. The van der Waals surface area contributed by atoms with Gasteiger partial charge in [0.2, 0.25) is 5.91 Å². The Morgan fingerprint density at radius 1 is 1.07 bits per heavy atom. The molecule has 1 aromatic heterocycles. The van der Waals surface area contributed by atoms with Crippen molar-refractivity contribution in [3.63, 3.8) is 0 Å². The second kappa shape index (κ2) is 7.94. The van der Waals surface area contributed by atoms with Crippen molar-refractivity contribution >= 4 is 34.0 Å². The Morgan fingerprint density at radius 3 is 2.68 bits per heavy atom. The molecule has 0 aliphatic heterocycles. The molecule has 2 aromatic carbocycles. The molecule has 2 N–H and O–H groups in total. The molecule has 1 aliphatic carbocycles. The summed E-state index contributed by atoms with van der Waals surface area (Å²) in [5.41, 5.74) is 3.28. The standard InChI is InChI=1S/C22H21N3O2S/c1-14-7-5-10-16(13-14)23-21(27)17-11-6-12-18-19(17)24-22(28-18)25-20(26)15-8-3-2-4-9-15/h2-5,7-10,13,17H,6,11-12H2,1H3,(H,23,27)(H,24,25,26). The van der Waals surface area contributed by atoms with Gasteiger partial charge in [-0.3, -0.25) is 14.9 Å². The highest BCUT2D eigenvalue weighted by atomic mass is 32.1. The highest BCUT2D eigenvalue weighted by Crippen LogP contribution is 2.37. The molecule has 1 atom stereocenters. The first kappa shape index (κ1) is 18.4. The zero-order valence-corrected chi connectivity index (χ0v) is 16.4. The van der Waals surface area contributed by atoms with Crippen LogP contribution in [0, 0.1) is 6.92 Å². The minimum atomic E-state index is -0.289. The van der Waals surface area contributed by atoms with Crippen molar-refractivity contribution in [3.05, 3.63) is 76.3 Å². The number of nitrogens with zero attached hydrogens (tertiary/aromatic N) is 1. The van der Waals surface area contributed by atoms with Crippen LogP contribution in [0.1, 0.15) is 45.3 Å². The fourth-order valence-corrected chi connectivity index (χ4v) is 4.50. The minimum absolute atomic E-state index is 0.0437. The van der Waals surface area contributed by atoms with E-state index in [1.54, 1.807) is 12.1 Å². The molecule has 2 amide bonds. The first-order valence-corrected chi connectivity index (χ1v) is 10.2. The normalized spacial score (nSPS) is 15.5. The van der Waals surface area contributed by atoms with Gasteiger partial charge >= 0.3 is 0 Å². The molecule has 0 fully saturated rings. The highest BCUT2D eigenvalue weighted by molar-refractivity contribution is 7.16. The average molecular weight is 391 g/mol. The number of carbonyl (C=O) groups excluding carboxylic acids is 2. The van der Waals surface area contributed by atoms with Gasteiger partial charge in [-0.15, -0.1) is 11.3 Å². The lowest BCUT2D eigenvalue weighted by Gasteiger charge is -2.20. The van der Waals surface area contributed by atoms with Crippen LogP contribution < -0.4 is 10.6 Å². The Hall–Kier alpha value is -2.99. The van der Waals surface area contributed by atoms with Crippen molar-refractivity contribution in [1.29, 1.82) is 0 Å². The van der Waals surface area contributed by atoms with Crippen molar-refractivity contribution in [2.24, 2.45) is 0 Å². The van der Waals surface area contributed by atoms with Crippen molar-refractivity contribution in [2.45, 2.75) is 32.1 Å². The summed E-state index contributed by atoms with van der Waals surface area (Å²) in [4.78, 5) is 30.9. The molecule has 1 aliphatic rings. The molecule has 0 spiro atoms. The lowest BCUT2D eigenvalue weighted by molar-refractivity contribution is -0.117. The minimum Gasteiger partial charge on any atom is -0.326 e. The maximum Gasteiger partial charge on any atom is 0.257 e. The number of aromatic nitrogens is 1. The van der Waals surface area contributed by atoms with Gasteiger partial charge in [0.05, 0.1) is 11.6 Å². The number of fused-ring (bicyclic) bond motifs is 1. The lowest BCUT2D eigenvalue weighted by Crippen LogP contribution is -2.24. The number of hydrogen-bond acceptors (Lipinski definition) is 4. The van der Waals surface area contributed by atoms with Gasteiger partial charge in [-0.05, 0) is 56.0 Å². The molecular weight excluding hydrogens is 370 g/mol. The number of benzene rings is 2. The van der Waals surface area contributed by atoms with Gasteiger partial charge in [-0.1, -0.05) is 30.3 Å². The molecule has 28 heavy (non-hydrogen) atoms. The Bertz CT molecular complexity index is 1010. The van der Waals surface area contributed by atoms with Gasteiger partial charge < -0.3 is 5.32 Å². The quantitative estimate of drug-likeness (QED) is 0.673. The van der Waals surface area contributed by atoms with Crippen LogP contribution >= 0.6 is 11.3 Å². The first-order valence-electron chi connectivity index (χ1n) is 9.33. The number of rotatable bonds is 4. The number of anilines is 2. The molecule has 3 aromatic rings. The van der Waals surface area contributed by atoms with E-state index in [-0.39, 0.29) is 17.7 Å². The summed E-state index contributed by atoms with van der Waals surface area (Å²) in [6.07, 6.45) is 2.59. The Morgan fingerprint density at radius 2 is 1.89 bits per heavy atom. The van der Waals surface area contributed by atoms with Crippen molar-refractivity contribution in [3.8, 4) is 0 Å². The zero-order valence-electron chi connectivity index (χ0n) is 15.6. The summed E-state index contributed by atoms with van der Waals surface area (Å²) in [5.74, 6) is -0.520. The molecular formula is C22H21N3O2S. The fraction of sp³-hybridized carbons (Fsp3) is 0.227. The molecule has 1 unspecified atom stereocenters. The third kappa shape index (κ3) is 3.97. The van der Waals surface area contributed by atoms with Gasteiger partial charge in [0.15, 0.2) is 5.13 Å². The summed E-state index contributed by atoms with van der Waals surface area (Å²) >= 11 is 1.47. The summed E-state index contributed by atoms with van der Waals surface area (Å²) in [6, 6.07) is 16.8. The van der Waals surface area contributed by atoms with Crippen LogP contribution in [0.5, 0.6) is 0 Å². The van der Waals surface area contributed by atoms with E-state index in [0.717, 1.165) is 41.1 Å². The summed E-state index contributed by atoms with van der Waals surface area (Å²) in [7, 11) is 0. The third-order valence-corrected chi connectivity index (χ3v) is 5.86. The second-order valence-corrected chi connectivity index (χ2v) is 8.03. The number of amides is 2. The van der Waals surface area contributed by atoms with Crippen molar-refractivity contribution < 1.29 is 9.59 Å². The van der Waals surface area contributed by atoms with Crippen molar-refractivity contribution in [1.82, 2.24) is 4.98 Å². The second-order valence-electron chi connectivity index (χ2n) is 6.95. The maximum absolute atomic E-state index is 12.9.